The average Bonchev–Trinajstić information content (AvgIpc) is 2.55. The molecule has 1 aromatic rings. The summed E-state index contributed by atoms with van der Waals surface area (Å²) in [6.07, 6.45) is 5.96. The summed E-state index contributed by atoms with van der Waals surface area (Å²) < 4.78 is 27.5. The molecule has 0 atom stereocenters. The second-order valence-electron chi connectivity index (χ2n) is 4.67. The van der Waals surface area contributed by atoms with Gasteiger partial charge in [-0.2, -0.15) is 0 Å². The second kappa shape index (κ2) is 8.19. The third-order valence-corrected chi connectivity index (χ3v) is 4.46. The number of nitrogens with one attached hydrogen (secondary N) is 1. The van der Waals surface area contributed by atoms with E-state index in [0.29, 0.717) is 11.1 Å². The molecule has 0 radical (unpaired) electrons. The minimum atomic E-state index is -3.78. The Morgan fingerprint density at radius 3 is 2.30 bits per heavy atom. The van der Waals surface area contributed by atoms with Crippen LogP contribution in [0.25, 0.3) is 0 Å². The van der Waals surface area contributed by atoms with Crippen molar-refractivity contribution in [3.63, 3.8) is 0 Å². The molecule has 0 fully saturated rings. The predicted octanol–water partition coefficient (Wildman–Crippen LogP) is 4.00. The quantitative estimate of drug-likeness (QED) is 0.586. The van der Waals surface area contributed by atoms with Crippen LogP contribution in [0.3, 0.4) is 0 Å². The zero-order chi connectivity index (χ0) is 17.5. The maximum atomic E-state index is 12.5. The van der Waals surface area contributed by atoms with E-state index < -0.39 is 10.0 Å². The summed E-state index contributed by atoms with van der Waals surface area (Å²) >= 11 is 0. The third kappa shape index (κ3) is 4.72. The lowest BCUT2D eigenvalue weighted by Crippen LogP contribution is -2.25. The SMILES string of the molecule is C=C\C=C(NS(=O)(=O)c1ccccc1)/C(=C(\C)C=C)C(/O)=C\C. The molecule has 0 bridgehead atoms. The first-order valence-corrected chi connectivity index (χ1v) is 8.45. The molecular formula is C18H21NO3S. The van der Waals surface area contributed by atoms with Crippen LogP contribution in [0.4, 0.5) is 0 Å². The van der Waals surface area contributed by atoms with Gasteiger partial charge in [0.05, 0.1) is 10.6 Å². The smallest absolute Gasteiger partial charge is 0.261 e. The minimum Gasteiger partial charge on any atom is -0.508 e. The molecule has 1 rings (SSSR count). The predicted molar refractivity (Wildman–Crippen MR) is 94.3 cm³/mol. The second-order valence-corrected chi connectivity index (χ2v) is 6.35. The van der Waals surface area contributed by atoms with Gasteiger partial charge in [-0.25, -0.2) is 8.42 Å². The molecule has 5 heteroatoms. The Labute approximate surface area is 137 Å². The highest BCUT2D eigenvalue weighted by Crippen LogP contribution is 2.23. The van der Waals surface area contributed by atoms with E-state index in [9.17, 15) is 13.5 Å². The first kappa shape index (κ1) is 18.5. The number of aliphatic hydroxyl groups is 1. The minimum absolute atomic E-state index is 0.0498. The molecule has 0 amide bonds. The van der Waals surface area contributed by atoms with Crippen LogP contribution in [0.1, 0.15) is 13.8 Å². The topological polar surface area (TPSA) is 66.4 Å². The molecule has 2 N–H and O–H groups in total. The molecule has 0 unspecified atom stereocenters. The van der Waals surface area contributed by atoms with Crippen LogP contribution in [0.5, 0.6) is 0 Å². The molecule has 4 nitrogen and oxygen atoms in total. The lowest BCUT2D eigenvalue weighted by atomic mass is 10.0. The summed E-state index contributed by atoms with van der Waals surface area (Å²) in [6, 6.07) is 8.00. The first-order chi connectivity index (χ1) is 10.9. The van der Waals surface area contributed by atoms with Crippen molar-refractivity contribution >= 4 is 10.0 Å². The molecule has 0 spiro atoms. The largest absolute Gasteiger partial charge is 0.508 e. The maximum absolute atomic E-state index is 12.5. The summed E-state index contributed by atoms with van der Waals surface area (Å²) in [5.74, 6) is -0.0498. The van der Waals surface area contributed by atoms with Crippen molar-refractivity contribution < 1.29 is 13.5 Å². The van der Waals surface area contributed by atoms with Gasteiger partial charge >= 0.3 is 0 Å². The number of aliphatic hydroxyl groups excluding tert-OH is 1. The van der Waals surface area contributed by atoms with E-state index in [4.69, 9.17) is 0 Å². The summed E-state index contributed by atoms with van der Waals surface area (Å²) in [4.78, 5) is 0.130. The van der Waals surface area contributed by atoms with Crippen molar-refractivity contribution in [2.75, 3.05) is 0 Å². The highest BCUT2D eigenvalue weighted by molar-refractivity contribution is 7.89. The van der Waals surface area contributed by atoms with Crippen LogP contribution in [0.2, 0.25) is 0 Å². The van der Waals surface area contributed by atoms with Gasteiger partial charge < -0.3 is 5.11 Å². The Morgan fingerprint density at radius 1 is 1.22 bits per heavy atom. The van der Waals surface area contributed by atoms with E-state index in [2.05, 4.69) is 17.9 Å². The van der Waals surface area contributed by atoms with Crippen molar-refractivity contribution in [3.05, 3.63) is 90.4 Å². The molecule has 0 aliphatic carbocycles. The van der Waals surface area contributed by atoms with Crippen molar-refractivity contribution in [2.45, 2.75) is 18.7 Å². The number of allylic oxidation sites excluding steroid dienone is 5. The molecule has 1 aromatic carbocycles. The van der Waals surface area contributed by atoms with Crippen molar-refractivity contribution in [1.82, 2.24) is 4.72 Å². The van der Waals surface area contributed by atoms with Gasteiger partial charge in [-0.15, -0.1) is 0 Å². The Bertz CT molecular complexity index is 770. The van der Waals surface area contributed by atoms with Crippen LogP contribution in [-0.2, 0) is 10.0 Å². The fraction of sp³-hybridized carbons (Fsp3) is 0.111. The maximum Gasteiger partial charge on any atom is 0.261 e. The fourth-order valence-corrected chi connectivity index (χ4v) is 2.98. The van der Waals surface area contributed by atoms with Gasteiger partial charge in [0.15, 0.2) is 0 Å². The van der Waals surface area contributed by atoms with E-state index in [0.717, 1.165) is 0 Å². The molecule has 0 saturated heterocycles. The van der Waals surface area contributed by atoms with E-state index in [1.165, 1.54) is 30.4 Å². The highest BCUT2D eigenvalue weighted by atomic mass is 32.2. The molecule has 0 aliphatic rings. The summed E-state index contributed by atoms with van der Waals surface area (Å²) in [5, 5.41) is 10.1. The van der Waals surface area contributed by atoms with Gasteiger partial charge in [0.2, 0.25) is 0 Å². The lowest BCUT2D eigenvalue weighted by molar-refractivity contribution is 0.422. The standard InChI is InChI=1S/C18H21NO3S/c1-5-11-16(18(14(4)6-2)17(20)7-3)19-23(21,22)15-12-9-8-10-13-15/h5-13,19-20H,1-2H2,3-4H3/b16-11+,17-7+,18-14-. The summed E-state index contributed by atoms with van der Waals surface area (Å²) in [6.45, 7) is 10.7. The van der Waals surface area contributed by atoms with Gasteiger partial charge in [-0.1, -0.05) is 43.5 Å². The van der Waals surface area contributed by atoms with E-state index in [-0.39, 0.29) is 16.4 Å². The molecule has 122 valence electrons. The third-order valence-electron chi connectivity index (χ3n) is 3.08. The van der Waals surface area contributed by atoms with Crippen LogP contribution < -0.4 is 4.72 Å². The molecule has 0 aromatic heterocycles. The molecule has 0 aliphatic heterocycles. The summed E-state index contributed by atoms with van der Waals surface area (Å²) in [7, 11) is -3.78. The van der Waals surface area contributed by atoms with Gasteiger partial charge in [-0.3, -0.25) is 4.72 Å². The van der Waals surface area contributed by atoms with Gasteiger partial charge in [0.25, 0.3) is 10.0 Å². The first-order valence-electron chi connectivity index (χ1n) is 6.97. The number of hydrogen-bond acceptors (Lipinski definition) is 3. The van der Waals surface area contributed by atoms with Crippen LogP contribution in [0, 0.1) is 0 Å². The zero-order valence-corrected chi connectivity index (χ0v) is 14.1. The van der Waals surface area contributed by atoms with E-state index in [1.807, 2.05) is 0 Å². The van der Waals surface area contributed by atoms with Crippen molar-refractivity contribution in [2.24, 2.45) is 0 Å². The van der Waals surface area contributed by atoms with Crippen LogP contribution >= 0.6 is 0 Å². The van der Waals surface area contributed by atoms with E-state index >= 15 is 0 Å². The monoisotopic (exact) mass is 331 g/mol. The Kier molecular flexibility index (Phi) is 6.60. The molecular weight excluding hydrogens is 310 g/mol. The molecule has 23 heavy (non-hydrogen) atoms. The molecule has 0 heterocycles. The summed E-state index contributed by atoms with van der Waals surface area (Å²) in [5.41, 5.74) is 1.20. The van der Waals surface area contributed by atoms with Gasteiger partial charge in [0.1, 0.15) is 5.76 Å². The van der Waals surface area contributed by atoms with E-state index in [1.54, 1.807) is 38.1 Å². The number of rotatable bonds is 7. The van der Waals surface area contributed by atoms with Crippen LogP contribution in [-0.4, -0.2) is 13.5 Å². The fourth-order valence-electron chi connectivity index (χ4n) is 1.89. The average molecular weight is 331 g/mol. The number of sulfonamides is 1. The number of hydrogen-bond donors (Lipinski definition) is 2. The van der Waals surface area contributed by atoms with Crippen LogP contribution in [0.15, 0.2) is 95.3 Å². The lowest BCUT2D eigenvalue weighted by Gasteiger charge is -2.16. The normalized spacial score (nSPS) is 14.0. The zero-order valence-electron chi connectivity index (χ0n) is 13.3. The van der Waals surface area contributed by atoms with Gasteiger partial charge in [-0.05, 0) is 43.7 Å². The number of benzene rings is 1. The van der Waals surface area contributed by atoms with Crippen molar-refractivity contribution in [3.8, 4) is 0 Å². The Morgan fingerprint density at radius 2 is 1.83 bits per heavy atom. The Hall–Kier alpha value is -2.53. The van der Waals surface area contributed by atoms with Gasteiger partial charge in [0, 0.05) is 5.57 Å². The molecule has 0 saturated carbocycles. The highest BCUT2D eigenvalue weighted by Gasteiger charge is 2.19. The van der Waals surface area contributed by atoms with Crippen molar-refractivity contribution in [1.29, 1.82) is 0 Å². The Balaban J connectivity index is 3.41.